The van der Waals surface area contributed by atoms with Crippen LogP contribution in [0.4, 0.5) is 19.0 Å². The van der Waals surface area contributed by atoms with Gasteiger partial charge >= 0.3 is 12.2 Å². The monoisotopic (exact) mass is 493 g/mol. The molecule has 2 saturated heterocycles. The average molecular weight is 494 g/mol. The highest BCUT2D eigenvalue weighted by atomic mass is 19.4. The quantitative estimate of drug-likeness (QED) is 0.598. The molecular weight excluding hydrogens is 463 g/mol. The topological polar surface area (TPSA) is 97.6 Å². The third-order valence-electron chi connectivity index (χ3n) is 6.78. The average Bonchev–Trinajstić information content (AvgIpc) is 3.25. The number of allylic oxidation sites excluding steroid dienone is 1. The van der Waals surface area contributed by atoms with E-state index < -0.39 is 18.1 Å². The summed E-state index contributed by atoms with van der Waals surface area (Å²) >= 11 is 0. The fourth-order valence-electron chi connectivity index (χ4n) is 4.88. The highest BCUT2D eigenvalue weighted by Gasteiger charge is 2.33. The van der Waals surface area contributed by atoms with Gasteiger partial charge in [-0.25, -0.2) is 0 Å². The van der Waals surface area contributed by atoms with Crippen molar-refractivity contribution in [3.05, 3.63) is 23.4 Å². The van der Waals surface area contributed by atoms with Crippen molar-refractivity contribution in [2.45, 2.75) is 50.5 Å². The zero-order valence-corrected chi connectivity index (χ0v) is 19.7. The summed E-state index contributed by atoms with van der Waals surface area (Å²) < 4.78 is 43.6. The largest absolute Gasteiger partial charge is 0.462 e. The third kappa shape index (κ3) is 6.21. The Bertz CT molecular complexity index is 995. The highest BCUT2D eigenvalue weighted by molar-refractivity contribution is 5.88. The lowest BCUT2D eigenvalue weighted by Crippen LogP contribution is -2.55. The normalized spacial score (nSPS) is 23.4. The smallest absolute Gasteiger partial charge is 0.409 e. The summed E-state index contributed by atoms with van der Waals surface area (Å²) in [6, 6.07) is 2.12. The number of nitrogens with zero attached hydrogens (tertiary/aromatic N) is 6. The fraction of sp³-hybridized carbons (Fsp3) is 0.652. The van der Waals surface area contributed by atoms with Crippen LogP contribution in [0, 0.1) is 11.3 Å². The lowest BCUT2D eigenvalue weighted by Gasteiger charge is -2.41. The maximum Gasteiger partial charge on any atom is 0.409 e. The van der Waals surface area contributed by atoms with E-state index in [9.17, 15) is 23.2 Å². The Hall–Kier alpha value is -2.91. The molecule has 1 N–H and O–H groups in total. The number of hydrogen-bond donors (Lipinski definition) is 1. The van der Waals surface area contributed by atoms with Gasteiger partial charge in [-0.05, 0) is 39.4 Å². The van der Waals surface area contributed by atoms with E-state index in [1.807, 2.05) is 4.90 Å². The van der Waals surface area contributed by atoms with Crippen LogP contribution in [0.2, 0.25) is 0 Å². The van der Waals surface area contributed by atoms with Crippen LogP contribution in [0.25, 0.3) is 0 Å². The number of nitrogens with one attached hydrogen (secondary N) is 1. The molecule has 1 amide bonds. The molecule has 0 saturated carbocycles. The van der Waals surface area contributed by atoms with Crippen molar-refractivity contribution >= 4 is 11.7 Å². The number of amides is 1. The molecule has 2 atom stereocenters. The van der Waals surface area contributed by atoms with Gasteiger partial charge in [0.15, 0.2) is 0 Å². The van der Waals surface area contributed by atoms with Gasteiger partial charge in [0.1, 0.15) is 12.4 Å². The van der Waals surface area contributed by atoms with Crippen molar-refractivity contribution in [2.24, 2.45) is 0 Å². The SMILES string of the molecule is CN1CCC[C@H]1COc1nc2c(c(N3CCN(C(=O)/C=C/C(F)(F)F)[C@@H](CC#N)C3)n1)CCNC2. The fourth-order valence-corrected chi connectivity index (χ4v) is 4.88. The number of ether oxygens (including phenoxy) is 1. The van der Waals surface area contributed by atoms with Crippen LogP contribution in [0.5, 0.6) is 6.01 Å². The summed E-state index contributed by atoms with van der Waals surface area (Å²) in [5.41, 5.74) is 1.86. The van der Waals surface area contributed by atoms with E-state index in [1.54, 1.807) is 0 Å². The number of nitriles is 1. The zero-order valence-electron chi connectivity index (χ0n) is 19.7. The molecule has 4 heterocycles. The molecule has 0 radical (unpaired) electrons. The Balaban J connectivity index is 1.53. The van der Waals surface area contributed by atoms with Crippen molar-refractivity contribution < 1.29 is 22.7 Å². The van der Waals surface area contributed by atoms with Gasteiger partial charge in [0.25, 0.3) is 0 Å². The van der Waals surface area contributed by atoms with Gasteiger partial charge in [0, 0.05) is 49.9 Å². The zero-order chi connectivity index (χ0) is 25.0. The second kappa shape index (κ2) is 10.8. The summed E-state index contributed by atoms with van der Waals surface area (Å²) in [4.78, 5) is 27.4. The number of carbonyl (C=O) groups excluding carboxylic acids is 1. The molecule has 0 spiro atoms. The maximum absolute atomic E-state index is 12.5. The minimum Gasteiger partial charge on any atom is -0.462 e. The Morgan fingerprint density at radius 1 is 1.29 bits per heavy atom. The van der Waals surface area contributed by atoms with Gasteiger partial charge in [-0.15, -0.1) is 0 Å². The van der Waals surface area contributed by atoms with Crippen molar-refractivity contribution in [1.82, 2.24) is 25.1 Å². The number of piperazine rings is 1. The number of anilines is 1. The van der Waals surface area contributed by atoms with Crippen LogP contribution in [0.3, 0.4) is 0 Å². The Morgan fingerprint density at radius 3 is 2.83 bits per heavy atom. The lowest BCUT2D eigenvalue weighted by atomic mass is 10.0. The molecule has 1 aromatic heterocycles. The number of rotatable bonds is 6. The first-order valence-electron chi connectivity index (χ1n) is 11.9. The maximum atomic E-state index is 12.5. The van der Waals surface area contributed by atoms with Crippen molar-refractivity contribution in [2.75, 3.05) is 51.3 Å². The van der Waals surface area contributed by atoms with Crippen LogP contribution in [0.15, 0.2) is 12.2 Å². The van der Waals surface area contributed by atoms with Crippen molar-refractivity contribution in [1.29, 1.82) is 5.26 Å². The number of carbonyl (C=O) groups is 1. The molecular formula is C23H30F3N7O2. The molecule has 3 aliphatic rings. The molecule has 35 heavy (non-hydrogen) atoms. The van der Waals surface area contributed by atoms with E-state index in [4.69, 9.17) is 9.72 Å². The predicted molar refractivity (Wildman–Crippen MR) is 122 cm³/mol. The second-order valence-corrected chi connectivity index (χ2v) is 9.14. The molecule has 0 bridgehead atoms. The molecule has 190 valence electrons. The number of alkyl halides is 3. The predicted octanol–water partition coefficient (Wildman–Crippen LogP) is 1.64. The molecule has 3 aliphatic heterocycles. The Labute approximate surface area is 202 Å². The number of fused-ring (bicyclic) bond motifs is 1. The second-order valence-electron chi connectivity index (χ2n) is 9.14. The standard InChI is InChI=1S/C23H30F3N7O2/c1-31-10-2-3-17(31)15-35-22-29-19-13-28-9-6-18(19)21(30-22)32-11-12-33(16(14-32)5-8-27)20(34)4-7-23(24,25)26/h4,7,16-17,28H,2-3,5-6,9-15H2,1H3/b7-4+/t16-,17-/m0/s1. The van der Waals surface area contributed by atoms with E-state index >= 15 is 0 Å². The number of halogens is 3. The summed E-state index contributed by atoms with van der Waals surface area (Å²) in [7, 11) is 2.07. The molecule has 12 heteroatoms. The van der Waals surface area contributed by atoms with Gasteiger partial charge in [0.2, 0.25) is 5.91 Å². The van der Waals surface area contributed by atoms with Crippen molar-refractivity contribution in [3.8, 4) is 12.1 Å². The van der Waals surface area contributed by atoms with Crippen LogP contribution < -0.4 is 15.0 Å². The van der Waals surface area contributed by atoms with Crippen LogP contribution >= 0.6 is 0 Å². The van der Waals surface area contributed by atoms with Gasteiger partial charge < -0.3 is 24.8 Å². The molecule has 9 nitrogen and oxygen atoms in total. The summed E-state index contributed by atoms with van der Waals surface area (Å²) in [6.07, 6.45) is -1.17. The summed E-state index contributed by atoms with van der Waals surface area (Å²) in [5, 5.41) is 12.6. The molecule has 0 aliphatic carbocycles. The Kier molecular flexibility index (Phi) is 7.76. The first-order chi connectivity index (χ1) is 16.7. The Morgan fingerprint density at radius 2 is 2.11 bits per heavy atom. The molecule has 2 fully saturated rings. The van der Waals surface area contributed by atoms with Crippen LogP contribution in [-0.2, 0) is 17.8 Å². The minimum absolute atomic E-state index is 0.00823. The van der Waals surface area contributed by atoms with E-state index in [1.165, 1.54) is 4.90 Å². The van der Waals surface area contributed by atoms with E-state index in [0.29, 0.717) is 50.2 Å². The summed E-state index contributed by atoms with van der Waals surface area (Å²) in [6.45, 7) is 3.76. The van der Waals surface area contributed by atoms with Gasteiger partial charge in [0.05, 0.1) is 24.2 Å². The van der Waals surface area contributed by atoms with Gasteiger partial charge in [-0.3, -0.25) is 4.79 Å². The number of likely N-dealkylation sites (N-methyl/N-ethyl adjacent to an activating group) is 1. The first kappa shape index (κ1) is 25.2. The highest BCUT2D eigenvalue weighted by Crippen LogP contribution is 2.29. The third-order valence-corrected chi connectivity index (χ3v) is 6.78. The van der Waals surface area contributed by atoms with Crippen LogP contribution in [0.1, 0.15) is 30.5 Å². The number of aromatic nitrogens is 2. The van der Waals surface area contributed by atoms with E-state index in [2.05, 4.69) is 28.3 Å². The van der Waals surface area contributed by atoms with Crippen LogP contribution in [-0.4, -0.2) is 90.3 Å². The first-order valence-corrected chi connectivity index (χ1v) is 11.9. The van der Waals surface area contributed by atoms with Crippen molar-refractivity contribution in [3.63, 3.8) is 0 Å². The van der Waals surface area contributed by atoms with Gasteiger partial charge in [-0.1, -0.05) is 0 Å². The van der Waals surface area contributed by atoms with E-state index in [0.717, 1.165) is 43.6 Å². The molecule has 1 aromatic rings. The number of hydrogen-bond acceptors (Lipinski definition) is 8. The molecule has 0 aromatic carbocycles. The number of likely N-dealkylation sites (tertiary alicyclic amines) is 1. The minimum atomic E-state index is -4.57. The van der Waals surface area contributed by atoms with E-state index in [-0.39, 0.29) is 19.0 Å². The lowest BCUT2D eigenvalue weighted by molar-refractivity contribution is -0.129. The molecule has 4 rings (SSSR count). The summed E-state index contributed by atoms with van der Waals surface area (Å²) in [5.74, 6) is -0.0343. The molecule has 0 unspecified atom stereocenters. The van der Waals surface area contributed by atoms with Gasteiger partial charge in [-0.2, -0.15) is 28.4 Å².